The summed E-state index contributed by atoms with van der Waals surface area (Å²) in [6.07, 6.45) is 0. The number of amides is 1. The molecule has 2 N–H and O–H groups in total. The summed E-state index contributed by atoms with van der Waals surface area (Å²) in [6, 6.07) is 7.04. The van der Waals surface area contributed by atoms with Crippen molar-refractivity contribution in [1.82, 2.24) is 5.32 Å². The lowest BCUT2D eigenvalue weighted by atomic mass is 10.0. The molecule has 5 nitrogen and oxygen atoms in total. The van der Waals surface area contributed by atoms with Crippen molar-refractivity contribution in [2.24, 2.45) is 5.92 Å². The predicted molar refractivity (Wildman–Crippen MR) is 64.9 cm³/mol. The SMILES string of the molecule is CC(C)C(NC(=O)c1ccc(C#N)cc1)C(=O)O. The van der Waals surface area contributed by atoms with Crippen LogP contribution in [0.4, 0.5) is 0 Å². The number of hydrogen-bond acceptors (Lipinski definition) is 3. The Hall–Kier alpha value is -2.35. The molecule has 1 amide bonds. The van der Waals surface area contributed by atoms with Crippen molar-refractivity contribution >= 4 is 11.9 Å². The number of carboxylic acids is 1. The van der Waals surface area contributed by atoms with Gasteiger partial charge in [0, 0.05) is 5.56 Å². The summed E-state index contributed by atoms with van der Waals surface area (Å²) in [7, 11) is 0. The maximum Gasteiger partial charge on any atom is 0.326 e. The van der Waals surface area contributed by atoms with Crippen molar-refractivity contribution in [1.29, 1.82) is 5.26 Å². The van der Waals surface area contributed by atoms with E-state index in [2.05, 4.69) is 5.32 Å². The molecule has 0 spiro atoms. The minimum Gasteiger partial charge on any atom is -0.480 e. The van der Waals surface area contributed by atoms with Crippen molar-refractivity contribution in [3.63, 3.8) is 0 Å². The molecule has 1 aromatic carbocycles. The van der Waals surface area contributed by atoms with E-state index in [1.165, 1.54) is 24.3 Å². The second-order valence-corrected chi connectivity index (χ2v) is 4.22. The molecule has 0 heterocycles. The first-order valence-corrected chi connectivity index (χ1v) is 5.49. The Balaban J connectivity index is 2.81. The third kappa shape index (κ3) is 3.32. The van der Waals surface area contributed by atoms with E-state index in [0.717, 1.165) is 0 Å². The van der Waals surface area contributed by atoms with Gasteiger partial charge in [0.2, 0.25) is 0 Å². The molecule has 1 atom stereocenters. The Morgan fingerprint density at radius 1 is 1.28 bits per heavy atom. The standard InChI is InChI=1S/C13H14N2O3/c1-8(2)11(13(17)18)15-12(16)10-5-3-9(7-14)4-6-10/h3-6,8,11H,1-2H3,(H,15,16)(H,17,18). The number of hydrogen-bond donors (Lipinski definition) is 2. The number of nitrogens with zero attached hydrogens (tertiary/aromatic N) is 1. The Morgan fingerprint density at radius 3 is 2.22 bits per heavy atom. The molecular weight excluding hydrogens is 232 g/mol. The lowest BCUT2D eigenvalue weighted by Crippen LogP contribution is -2.44. The van der Waals surface area contributed by atoms with Gasteiger partial charge in [-0.05, 0) is 30.2 Å². The molecule has 0 bridgehead atoms. The summed E-state index contributed by atoms with van der Waals surface area (Å²) < 4.78 is 0. The van der Waals surface area contributed by atoms with Crippen LogP contribution in [0.2, 0.25) is 0 Å². The van der Waals surface area contributed by atoms with Gasteiger partial charge < -0.3 is 10.4 Å². The fraction of sp³-hybridized carbons (Fsp3) is 0.308. The molecule has 1 rings (SSSR count). The smallest absolute Gasteiger partial charge is 0.326 e. The molecule has 0 aromatic heterocycles. The third-order valence-electron chi connectivity index (χ3n) is 2.50. The van der Waals surface area contributed by atoms with Gasteiger partial charge >= 0.3 is 5.97 Å². The first-order valence-electron chi connectivity index (χ1n) is 5.49. The second kappa shape index (κ2) is 5.82. The fourth-order valence-electron chi connectivity index (χ4n) is 1.43. The zero-order valence-corrected chi connectivity index (χ0v) is 10.2. The molecule has 0 saturated heterocycles. The van der Waals surface area contributed by atoms with Crippen LogP contribution >= 0.6 is 0 Å². The van der Waals surface area contributed by atoms with Gasteiger partial charge in [-0.3, -0.25) is 4.79 Å². The molecule has 0 saturated carbocycles. The largest absolute Gasteiger partial charge is 0.480 e. The number of aliphatic carboxylic acids is 1. The molecule has 0 radical (unpaired) electrons. The molecule has 5 heteroatoms. The molecule has 0 aliphatic heterocycles. The van der Waals surface area contributed by atoms with Crippen molar-refractivity contribution in [2.75, 3.05) is 0 Å². The van der Waals surface area contributed by atoms with Crippen molar-refractivity contribution in [3.8, 4) is 6.07 Å². The predicted octanol–water partition coefficient (Wildman–Crippen LogP) is 1.40. The first-order chi connectivity index (χ1) is 8.45. The van der Waals surface area contributed by atoms with E-state index in [0.29, 0.717) is 11.1 Å². The molecule has 0 fully saturated rings. The van der Waals surface area contributed by atoms with Gasteiger partial charge in [0.15, 0.2) is 0 Å². The second-order valence-electron chi connectivity index (χ2n) is 4.22. The average Bonchev–Trinajstić information content (AvgIpc) is 2.35. The van der Waals surface area contributed by atoms with E-state index in [-0.39, 0.29) is 5.92 Å². The van der Waals surface area contributed by atoms with Crippen LogP contribution in [0, 0.1) is 17.2 Å². The Morgan fingerprint density at radius 2 is 1.83 bits per heavy atom. The van der Waals surface area contributed by atoms with E-state index >= 15 is 0 Å². The van der Waals surface area contributed by atoms with Gasteiger partial charge in [-0.25, -0.2) is 4.79 Å². The normalized spacial score (nSPS) is 11.7. The maximum atomic E-state index is 11.8. The van der Waals surface area contributed by atoms with Crippen LogP contribution in [0.3, 0.4) is 0 Å². The van der Waals surface area contributed by atoms with Crippen LogP contribution in [0.15, 0.2) is 24.3 Å². The third-order valence-corrected chi connectivity index (χ3v) is 2.50. The van der Waals surface area contributed by atoms with E-state index in [1.54, 1.807) is 13.8 Å². The van der Waals surface area contributed by atoms with Crippen molar-refractivity contribution in [3.05, 3.63) is 35.4 Å². The highest BCUT2D eigenvalue weighted by Crippen LogP contribution is 2.06. The van der Waals surface area contributed by atoms with Crippen LogP contribution < -0.4 is 5.32 Å². The lowest BCUT2D eigenvalue weighted by molar-refractivity contribution is -0.140. The number of carbonyl (C=O) groups is 2. The molecule has 0 aliphatic carbocycles. The molecule has 0 aliphatic rings. The van der Waals surface area contributed by atoms with E-state index in [4.69, 9.17) is 10.4 Å². The molecular formula is C13H14N2O3. The monoisotopic (exact) mass is 246 g/mol. The summed E-state index contributed by atoms with van der Waals surface area (Å²) in [4.78, 5) is 22.8. The number of rotatable bonds is 4. The minimum atomic E-state index is -1.06. The van der Waals surface area contributed by atoms with Crippen molar-refractivity contribution in [2.45, 2.75) is 19.9 Å². The number of carboxylic acid groups (broad SMARTS) is 1. The van der Waals surface area contributed by atoms with Crippen LogP contribution in [0.5, 0.6) is 0 Å². The number of nitriles is 1. The minimum absolute atomic E-state index is 0.204. The van der Waals surface area contributed by atoms with Gasteiger partial charge in [-0.1, -0.05) is 13.8 Å². The zero-order valence-electron chi connectivity index (χ0n) is 10.2. The van der Waals surface area contributed by atoms with Crippen LogP contribution in [-0.2, 0) is 4.79 Å². The number of benzene rings is 1. The maximum absolute atomic E-state index is 11.8. The highest BCUT2D eigenvalue weighted by molar-refractivity contribution is 5.96. The van der Waals surface area contributed by atoms with E-state index in [1.807, 2.05) is 6.07 Å². The van der Waals surface area contributed by atoms with Gasteiger partial charge in [0.05, 0.1) is 11.6 Å². The molecule has 1 unspecified atom stereocenters. The van der Waals surface area contributed by atoms with Gasteiger partial charge in [0.1, 0.15) is 6.04 Å². The van der Waals surface area contributed by atoms with Crippen molar-refractivity contribution < 1.29 is 14.7 Å². The molecule has 94 valence electrons. The number of carbonyl (C=O) groups excluding carboxylic acids is 1. The van der Waals surface area contributed by atoms with E-state index in [9.17, 15) is 9.59 Å². The van der Waals surface area contributed by atoms with Gasteiger partial charge in [-0.2, -0.15) is 5.26 Å². The van der Waals surface area contributed by atoms with E-state index < -0.39 is 17.9 Å². The quantitative estimate of drug-likeness (QED) is 0.840. The lowest BCUT2D eigenvalue weighted by Gasteiger charge is -2.17. The van der Waals surface area contributed by atoms with Gasteiger partial charge in [-0.15, -0.1) is 0 Å². The zero-order chi connectivity index (χ0) is 13.7. The Bertz CT molecular complexity index is 486. The Labute approximate surface area is 105 Å². The molecule has 1 aromatic rings. The van der Waals surface area contributed by atoms with Crippen LogP contribution in [0.1, 0.15) is 29.8 Å². The topological polar surface area (TPSA) is 90.2 Å². The summed E-state index contributed by atoms with van der Waals surface area (Å²) in [5.41, 5.74) is 0.783. The summed E-state index contributed by atoms with van der Waals surface area (Å²) in [6.45, 7) is 3.44. The average molecular weight is 246 g/mol. The summed E-state index contributed by atoms with van der Waals surface area (Å²) in [5.74, 6) is -1.72. The van der Waals surface area contributed by atoms with Crippen LogP contribution in [0.25, 0.3) is 0 Å². The highest BCUT2D eigenvalue weighted by Gasteiger charge is 2.23. The fourth-order valence-corrected chi connectivity index (χ4v) is 1.43. The Kier molecular flexibility index (Phi) is 4.44. The number of nitrogens with one attached hydrogen (secondary N) is 1. The summed E-state index contributed by atoms with van der Waals surface area (Å²) in [5, 5.41) is 20.0. The molecule has 18 heavy (non-hydrogen) atoms. The first kappa shape index (κ1) is 13.7. The van der Waals surface area contributed by atoms with Crippen LogP contribution in [-0.4, -0.2) is 23.0 Å². The summed E-state index contributed by atoms with van der Waals surface area (Å²) >= 11 is 0. The van der Waals surface area contributed by atoms with Gasteiger partial charge in [0.25, 0.3) is 5.91 Å². The highest BCUT2D eigenvalue weighted by atomic mass is 16.4.